The Balaban J connectivity index is 1.41. The van der Waals surface area contributed by atoms with Crippen molar-refractivity contribution in [3.05, 3.63) is 53.4 Å². The van der Waals surface area contributed by atoms with Crippen molar-refractivity contribution in [3.8, 4) is 11.5 Å². The monoisotopic (exact) mass is 375 g/mol. The zero-order chi connectivity index (χ0) is 19.3. The van der Waals surface area contributed by atoms with Gasteiger partial charge in [0.05, 0.1) is 16.9 Å². The topological polar surface area (TPSA) is 91.5 Å². The molecule has 0 spiro atoms. The van der Waals surface area contributed by atoms with E-state index in [1.165, 1.54) is 0 Å². The Labute approximate surface area is 160 Å². The van der Waals surface area contributed by atoms with Crippen molar-refractivity contribution in [1.82, 2.24) is 24.6 Å². The van der Waals surface area contributed by atoms with Crippen LogP contribution in [0.2, 0.25) is 0 Å². The molecule has 0 fully saturated rings. The molecule has 4 heterocycles. The fourth-order valence-electron chi connectivity index (χ4n) is 3.28. The number of esters is 1. The highest BCUT2D eigenvalue weighted by molar-refractivity contribution is 5.86. The molecule has 5 rings (SSSR count). The molecule has 0 unspecified atom stereocenters. The molecule has 3 aromatic heterocycles. The molecule has 0 radical (unpaired) electrons. The van der Waals surface area contributed by atoms with E-state index in [9.17, 15) is 4.79 Å². The highest BCUT2D eigenvalue weighted by Crippen LogP contribution is 2.34. The standard InChI is InChI=1S/C20H17N5O3/c1-11-9-21-12(2)20-23-18(24-25(11)20)6-5-14-4-3-13-7-17-16(8-15(13)22-14)27-10-19(26)28-17/h3-4,7-9H,5-6,10H2,1-2H3. The molecular formula is C20H17N5O3. The third-order valence-corrected chi connectivity index (χ3v) is 4.74. The summed E-state index contributed by atoms with van der Waals surface area (Å²) in [6.07, 6.45) is 3.19. The van der Waals surface area contributed by atoms with E-state index in [4.69, 9.17) is 14.5 Å². The lowest BCUT2D eigenvalue weighted by Crippen LogP contribution is -2.22. The van der Waals surface area contributed by atoms with Crippen molar-refractivity contribution < 1.29 is 14.3 Å². The number of aryl methyl sites for hydroxylation is 4. The maximum atomic E-state index is 11.4. The van der Waals surface area contributed by atoms with Crippen LogP contribution in [0.1, 0.15) is 22.9 Å². The van der Waals surface area contributed by atoms with Gasteiger partial charge in [-0.3, -0.25) is 9.97 Å². The molecule has 0 N–H and O–H groups in total. The van der Waals surface area contributed by atoms with E-state index < -0.39 is 5.97 Å². The minimum Gasteiger partial charge on any atom is -0.478 e. The molecule has 8 heteroatoms. The van der Waals surface area contributed by atoms with Gasteiger partial charge < -0.3 is 9.47 Å². The minimum atomic E-state index is -0.392. The van der Waals surface area contributed by atoms with Gasteiger partial charge in [-0.15, -0.1) is 0 Å². The van der Waals surface area contributed by atoms with E-state index in [1.54, 1.807) is 12.3 Å². The van der Waals surface area contributed by atoms with Gasteiger partial charge in [0.25, 0.3) is 0 Å². The highest BCUT2D eigenvalue weighted by Gasteiger charge is 2.19. The summed E-state index contributed by atoms with van der Waals surface area (Å²) in [5.74, 6) is 1.35. The van der Waals surface area contributed by atoms with E-state index in [2.05, 4.69) is 15.1 Å². The van der Waals surface area contributed by atoms with Crippen molar-refractivity contribution in [2.75, 3.05) is 6.61 Å². The molecule has 28 heavy (non-hydrogen) atoms. The van der Waals surface area contributed by atoms with Crippen LogP contribution in [0.15, 0.2) is 30.5 Å². The predicted molar refractivity (Wildman–Crippen MR) is 101 cm³/mol. The molecule has 1 aliphatic heterocycles. The van der Waals surface area contributed by atoms with Crippen molar-refractivity contribution in [2.24, 2.45) is 0 Å². The summed E-state index contributed by atoms with van der Waals surface area (Å²) >= 11 is 0. The van der Waals surface area contributed by atoms with Gasteiger partial charge in [-0.1, -0.05) is 6.07 Å². The zero-order valence-electron chi connectivity index (χ0n) is 15.5. The number of fused-ring (bicyclic) bond motifs is 3. The number of benzene rings is 1. The van der Waals surface area contributed by atoms with E-state index >= 15 is 0 Å². The van der Waals surface area contributed by atoms with E-state index in [0.717, 1.165) is 39.5 Å². The number of ether oxygens (including phenoxy) is 2. The fraction of sp³-hybridized carbons (Fsp3) is 0.250. The highest BCUT2D eigenvalue weighted by atomic mass is 16.6. The number of rotatable bonds is 3. The van der Waals surface area contributed by atoms with Gasteiger partial charge in [-0.05, 0) is 32.4 Å². The van der Waals surface area contributed by atoms with Gasteiger partial charge in [0.1, 0.15) is 0 Å². The first-order chi connectivity index (χ1) is 13.6. The first-order valence-corrected chi connectivity index (χ1v) is 9.02. The number of carbonyl (C=O) groups excluding carboxylic acids is 1. The summed E-state index contributed by atoms with van der Waals surface area (Å²) in [6.45, 7) is 3.81. The SMILES string of the molecule is Cc1ncc(C)n2nc(CCc3ccc4cc5c(cc4n3)OCC(=O)O5)nc12. The van der Waals surface area contributed by atoms with Crippen LogP contribution >= 0.6 is 0 Å². The average molecular weight is 375 g/mol. The Hall–Kier alpha value is -3.55. The second kappa shape index (κ2) is 6.26. The van der Waals surface area contributed by atoms with Crippen molar-refractivity contribution in [2.45, 2.75) is 26.7 Å². The molecule has 0 saturated heterocycles. The molecule has 8 nitrogen and oxygen atoms in total. The summed E-state index contributed by atoms with van der Waals surface area (Å²) in [7, 11) is 0. The summed E-state index contributed by atoms with van der Waals surface area (Å²) in [4.78, 5) is 25.0. The Morgan fingerprint density at radius 2 is 2.00 bits per heavy atom. The smallest absolute Gasteiger partial charge is 0.349 e. The van der Waals surface area contributed by atoms with Gasteiger partial charge in [0.15, 0.2) is 29.6 Å². The minimum absolute atomic E-state index is 0.0779. The lowest BCUT2D eigenvalue weighted by atomic mass is 10.1. The third-order valence-electron chi connectivity index (χ3n) is 4.74. The van der Waals surface area contributed by atoms with Crippen LogP contribution in [0.4, 0.5) is 0 Å². The maximum Gasteiger partial charge on any atom is 0.349 e. The average Bonchev–Trinajstić information content (AvgIpc) is 3.13. The maximum absolute atomic E-state index is 11.4. The third kappa shape index (κ3) is 2.83. The molecule has 0 atom stereocenters. The van der Waals surface area contributed by atoms with Gasteiger partial charge in [0, 0.05) is 29.8 Å². The number of hydrogen-bond acceptors (Lipinski definition) is 7. The van der Waals surface area contributed by atoms with Crippen LogP contribution in [0, 0.1) is 13.8 Å². The molecule has 1 aliphatic rings. The van der Waals surface area contributed by atoms with Crippen LogP contribution in [-0.4, -0.2) is 37.1 Å². The predicted octanol–water partition coefficient (Wildman–Crippen LogP) is 2.37. The molecule has 0 bridgehead atoms. The van der Waals surface area contributed by atoms with Gasteiger partial charge in [0.2, 0.25) is 0 Å². The summed E-state index contributed by atoms with van der Waals surface area (Å²) in [5, 5.41) is 5.48. The van der Waals surface area contributed by atoms with Gasteiger partial charge in [-0.2, -0.15) is 5.10 Å². The molecule has 0 aliphatic carbocycles. The van der Waals surface area contributed by atoms with Gasteiger partial charge in [-0.25, -0.2) is 14.3 Å². The molecular weight excluding hydrogens is 358 g/mol. The molecule has 1 aromatic carbocycles. The van der Waals surface area contributed by atoms with E-state index in [1.807, 2.05) is 36.6 Å². The molecule has 0 saturated carbocycles. The van der Waals surface area contributed by atoms with Crippen LogP contribution < -0.4 is 9.47 Å². The number of hydrogen-bond donors (Lipinski definition) is 0. The van der Waals surface area contributed by atoms with Crippen LogP contribution in [-0.2, 0) is 17.6 Å². The van der Waals surface area contributed by atoms with Crippen molar-refractivity contribution in [3.63, 3.8) is 0 Å². The lowest BCUT2D eigenvalue weighted by molar-refractivity contribution is -0.138. The van der Waals surface area contributed by atoms with Crippen LogP contribution in [0.3, 0.4) is 0 Å². The summed E-state index contributed by atoms with van der Waals surface area (Å²) in [6, 6.07) is 7.52. The van der Waals surface area contributed by atoms with Gasteiger partial charge >= 0.3 is 5.97 Å². The first kappa shape index (κ1) is 16.6. The Bertz CT molecular complexity index is 1210. The number of aromatic nitrogens is 5. The largest absolute Gasteiger partial charge is 0.478 e. The normalized spacial score (nSPS) is 13.4. The van der Waals surface area contributed by atoms with Crippen molar-refractivity contribution >= 4 is 22.5 Å². The number of nitrogens with zero attached hydrogens (tertiary/aromatic N) is 5. The first-order valence-electron chi connectivity index (χ1n) is 9.02. The number of carbonyl (C=O) groups is 1. The van der Waals surface area contributed by atoms with E-state index in [0.29, 0.717) is 24.3 Å². The Morgan fingerprint density at radius 3 is 2.86 bits per heavy atom. The zero-order valence-corrected chi connectivity index (χ0v) is 15.5. The van der Waals surface area contributed by atoms with E-state index in [-0.39, 0.29) is 6.61 Å². The van der Waals surface area contributed by atoms with Crippen LogP contribution in [0.5, 0.6) is 11.5 Å². The second-order valence-electron chi connectivity index (χ2n) is 6.81. The number of pyridine rings is 1. The van der Waals surface area contributed by atoms with Crippen LogP contribution in [0.25, 0.3) is 16.6 Å². The Morgan fingerprint density at radius 1 is 1.11 bits per heavy atom. The second-order valence-corrected chi connectivity index (χ2v) is 6.81. The van der Waals surface area contributed by atoms with Crippen molar-refractivity contribution in [1.29, 1.82) is 0 Å². The quantitative estimate of drug-likeness (QED) is 0.401. The summed E-state index contributed by atoms with van der Waals surface area (Å²) < 4.78 is 12.5. The molecule has 0 amide bonds. The fourth-order valence-corrected chi connectivity index (χ4v) is 3.28. The summed E-state index contributed by atoms with van der Waals surface area (Å²) in [5.41, 5.74) is 4.34. The lowest BCUT2D eigenvalue weighted by Gasteiger charge is -2.17. The molecule has 4 aromatic rings. The molecule has 140 valence electrons. The Kier molecular flexibility index (Phi) is 3.71.